The van der Waals surface area contributed by atoms with Crippen LogP contribution in [0.4, 0.5) is 0 Å². The van der Waals surface area contributed by atoms with Crippen molar-refractivity contribution < 1.29 is 13.2 Å². The molecule has 1 fully saturated rings. The summed E-state index contributed by atoms with van der Waals surface area (Å²) < 4.78 is 24.3. The van der Waals surface area contributed by atoms with Gasteiger partial charge in [0.05, 0.1) is 12.8 Å². The Morgan fingerprint density at radius 2 is 2.25 bits per heavy atom. The van der Waals surface area contributed by atoms with Crippen molar-refractivity contribution in [2.75, 3.05) is 32.4 Å². The third kappa shape index (κ3) is 4.46. The second-order valence-corrected chi connectivity index (χ2v) is 6.01. The smallest absolute Gasteiger partial charge is 0.236 e. The number of carbonyl (C=O) groups is 1. The number of nitrogens with one attached hydrogen (secondary N) is 1. The number of sulfonamides is 1. The number of rotatable bonds is 4. The number of likely N-dealkylation sites (tertiary alicyclic amines) is 1. The fourth-order valence-electron chi connectivity index (χ4n) is 1.86. The molecule has 0 aromatic rings. The van der Waals surface area contributed by atoms with Crippen molar-refractivity contribution in [1.82, 2.24) is 9.62 Å². The highest BCUT2D eigenvalue weighted by atomic mass is 32.2. The number of hydrogen-bond acceptors (Lipinski definition) is 4. The normalized spacial score (nSPS) is 22.1. The SMILES string of the molecule is CS(=O)(=O)NCC1CCCN(C(=O)CN)C1. The summed E-state index contributed by atoms with van der Waals surface area (Å²) in [4.78, 5) is 13.1. The van der Waals surface area contributed by atoms with E-state index in [0.29, 0.717) is 13.1 Å². The fourth-order valence-corrected chi connectivity index (χ4v) is 2.39. The van der Waals surface area contributed by atoms with Crippen LogP contribution in [0.2, 0.25) is 0 Å². The predicted octanol–water partition coefficient (Wildman–Crippen LogP) is -1.27. The van der Waals surface area contributed by atoms with Crippen LogP contribution in [0.3, 0.4) is 0 Å². The molecule has 0 aliphatic carbocycles. The summed E-state index contributed by atoms with van der Waals surface area (Å²) in [5.74, 6) is 0.128. The van der Waals surface area contributed by atoms with Crippen LogP contribution in [-0.2, 0) is 14.8 Å². The van der Waals surface area contributed by atoms with Crippen molar-refractivity contribution in [3.63, 3.8) is 0 Å². The van der Waals surface area contributed by atoms with Crippen LogP contribution < -0.4 is 10.5 Å². The Labute approximate surface area is 96.2 Å². The van der Waals surface area contributed by atoms with Crippen LogP contribution in [0.25, 0.3) is 0 Å². The molecule has 16 heavy (non-hydrogen) atoms. The van der Waals surface area contributed by atoms with Gasteiger partial charge in [-0.15, -0.1) is 0 Å². The minimum Gasteiger partial charge on any atom is -0.341 e. The Bertz CT molecular complexity index is 342. The first kappa shape index (κ1) is 13.4. The van der Waals surface area contributed by atoms with Crippen molar-refractivity contribution in [3.8, 4) is 0 Å². The molecular formula is C9H19N3O3S. The van der Waals surface area contributed by atoms with E-state index in [-0.39, 0.29) is 18.4 Å². The number of piperidine rings is 1. The van der Waals surface area contributed by atoms with Gasteiger partial charge in [-0.3, -0.25) is 4.79 Å². The molecule has 1 heterocycles. The van der Waals surface area contributed by atoms with Gasteiger partial charge in [-0.1, -0.05) is 0 Å². The van der Waals surface area contributed by atoms with E-state index in [1.165, 1.54) is 0 Å². The number of carbonyl (C=O) groups excluding carboxylic acids is 1. The first-order valence-electron chi connectivity index (χ1n) is 5.35. The Morgan fingerprint density at radius 3 is 2.81 bits per heavy atom. The van der Waals surface area contributed by atoms with Crippen LogP contribution in [0, 0.1) is 5.92 Å². The highest BCUT2D eigenvalue weighted by Crippen LogP contribution is 2.15. The van der Waals surface area contributed by atoms with E-state index in [0.717, 1.165) is 25.6 Å². The average molecular weight is 249 g/mol. The zero-order valence-corrected chi connectivity index (χ0v) is 10.3. The number of amides is 1. The molecule has 1 unspecified atom stereocenters. The highest BCUT2D eigenvalue weighted by Gasteiger charge is 2.23. The molecule has 0 spiro atoms. The van der Waals surface area contributed by atoms with Crippen molar-refractivity contribution in [3.05, 3.63) is 0 Å². The minimum absolute atomic E-state index is 0.0201. The summed E-state index contributed by atoms with van der Waals surface area (Å²) in [7, 11) is -3.14. The monoisotopic (exact) mass is 249 g/mol. The molecule has 6 nitrogen and oxygen atoms in total. The number of nitrogens with zero attached hydrogens (tertiary/aromatic N) is 1. The molecule has 0 bridgehead atoms. The van der Waals surface area contributed by atoms with Gasteiger partial charge in [0.25, 0.3) is 0 Å². The predicted molar refractivity (Wildman–Crippen MR) is 61.2 cm³/mol. The van der Waals surface area contributed by atoms with E-state index >= 15 is 0 Å². The molecule has 1 amide bonds. The summed E-state index contributed by atoms with van der Waals surface area (Å²) >= 11 is 0. The van der Waals surface area contributed by atoms with E-state index in [1.807, 2.05) is 0 Å². The fraction of sp³-hybridized carbons (Fsp3) is 0.889. The summed E-state index contributed by atoms with van der Waals surface area (Å²) in [6.45, 7) is 1.74. The molecule has 3 N–H and O–H groups in total. The lowest BCUT2D eigenvalue weighted by atomic mass is 9.98. The van der Waals surface area contributed by atoms with E-state index in [2.05, 4.69) is 4.72 Å². The summed E-state index contributed by atoms with van der Waals surface area (Å²) in [6, 6.07) is 0. The summed E-state index contributed by atoms with van der Waals surface area (Å²) in [5.41, 5.74) is 5.29. The number of nitrogens with two attached hydrogens (primary N) is 1. The zero-order chi connectivity index (χ0) is 12.2. The molecule has 0 aromatic heterocycles. The van der Waals surface area contributed by atoms with E-state index in [4.69, 9.17) is 5.73 Å². The lowest BCUT2D eigenvalue weighted by molar-refractivity contribution is -0.131. The number of hydrogen-bond donors (Lipinski definition) is 2. The van der Waals surface area contributed by atoms with Gasteiger partial charge in [0.2, 0.25) is 15.9 Å². The van der Waals surface area contributed by atoms with Crippen LogP contribution in [0.5, 0.6) is 0 Å². The molecule has 94 valence electrons. The van der Waals surface area contributed by atoms with Crippen LogP contribution in [-0.4, -0.2) is 51.7 Å². The average Bonchev–Trinajstić information content (AvgIpc) is 2.25. The van der Waals surface area contributed by atoms with Crippen LogP contribution in [0.1, 0.15) is 12.8 Å². The summed E-state index contributed by atoms with van der Waals surface area (Å²) in [6.07, 6.45) is 2.98. The topological polar surface area (TPSA) is 92.5 Å². The molecular weight excluding hydrogens is 230 g/mol. The van der Waals surface area contributed by atoms with Gasteiger partial charge in [0.1, 0.15) is 0 Å². The second-order valence-electron chi connectivity index (χ2n) is 4.17. The van der Waals surface area contributed by atoms with Crippen molar-refractivity contribution >= 4 is 15.9 Å². The Balaban J connectivity index is 2.42. The van der Waals surface area contributed by atoms with Gasteiger partial charge in [-0.25, -0.2) is 13.1 Å². The molecule has 0 radical (unpaired) electrons. The Morgan fingerprint density at radius 1 is 1.56 bits per heavy atom. The molecule has 0 saturated carbocycles. The first-order valence-corrected chi connectivity index (χ1v) is 7.24. The van der Waals surface area contributed by atoms with E-state index < -0.39 is 10.0 Å². The lowest BCUT2D eigenvalue weighted by Gasteiger charge is -2.32. The van der Waals surface area contributed by atoms with Crippen molar-refractivity contribution in [2.45, 2.75) is 12.8 Å². The molecule has 1 aliphatic heterocycles. The van der Waals surface area contributed by atoms with Gasteiger partial charge in [0.15, 0.2) is 0 Å². The second kappa shape index (κ2) is 5.60. The third-order valence-electron chi connectivity index (χ3n) is 2.68. The van der Waals surface area contributed by atoms with Crippen LogP contribution >= 0.6 is 0 Å². The van der Waals surface area contributed by atoms with Gasteiger partial charge in [-0.2, -0.15) is 0 Å². The molecule has 1 saturated heterocycles. The largest absolute Gasteiger partial charge is 0.341 e. The van der Waals surface area contributed by atoms with Gasteiger partial charge in [0, 0.05) is 19.6 Å². The van der Waals surface area contributed by atoms with E-state index in [9.17, 15) is 13.2 Å². The first-order chi connectivity index (χ1) is 7.42. The Hall–Kier alpha value is -0.660. The van der Waals surface area contributed by atoms with Gasteiger partial charge >= 0.3 is 0 Å². The minimum atomic E-state index is -3.14. The van der Waals surface area contributed by atoms with Crippen LogP contribution in [0.15, 0.2) is 0 Å². The molecule has 1 atom stereocenters. The third-order valence-corrected chi connectivity index (χ3v) is 3.37. The lowest BCUT2D eigenvalue weighted by Crippen LogP contribution is -2.45. The van der Waals surface area contributed by atoms with Gasteiger partial charge in [-0.05, 0) is 18.8 Å². The van der Waals surface area contributed by atoms with Crippen molar-refractivity contribution in [2.24, 2.45) is 11.7 Å². The quantitative estimate of drug-likeness (QED) is 0.650. The van der Waals surface area contributed by atoms with E-state index in [1.54, 1.807) is 4.90 Å². The molecule has 1 rings (SSSR count). The van der Waals surface area contributed by atoms with Crippen molar-refractivity contribution in [1.29, 1.82) is 0 Å². The Kier molecular flexibility index (Phi) is 4.69. The zero-order valence-electron chi connectivity index (χ0n) is 9.48. The maximum Gasteiger partial charge on any atom is 0.236 e. The molecule has 7 heteroatoms. The maximum atomic E-state index is 11.4. The molecule has 1 aliphatic rings. The highest BCUT2D eigenvalue weighted by molar-refractivity contribution is 7.88. The van der Waals surface area contributed by atoms with Gasteiger partial charge < -0.3 is 10.6 Å². The standard InChI is InChI=1S/C9H19N3O3S/c1-16(14,15)11-6-8-3-2-4-12(7-8)9(13)5-10/h8,11H,2-7,10H2,1H3. The molecule has 0 aromatic carbocycles. The summed E-state index contributed by atoms with van der Waals surface area (Å²) in [5, 5.41) is 0. The maximum absolute atomic E-state index is 11.4.